The van der Waals surface area contributed by atoms with Gasteiger partial charge in [-0.25, -0.2) is 4.39 Å². The topological polar surface area (TPSA) is 35.2 Å². The van der Waals surface area contributed by atoms with Crippen LogP contribution in [0.15, 0.2) is 24.3 Å². The molecule has 0 atom stereocenters. The monoisotopic (exact) mass is 209 g/mol. The Labute approximate surface area is 89.2 Å². The van der Waals surface area contributed by atoms with Crippen molar-refractivity contribution in [2.45, 2.75) is 25.1 Å². The second-order valence-corrected chi connectivity index (χ2v) is 3.98. The molecule has 2 N–H and O–H groups in total. The predicted octanol–water partition coefficient (Wildman–Crippen LogP) is 2.12. The van der Waals surface area contributed by atoms with Gasteiger partial charge in [0.2, 0.25) is 0 Å². The number of benzene rings is 1. The van der Waals surface area contributed by atoms with Crippen LogP contribution in [-0.4, -0.2) is 13.2 Å². The second kappa shape index (κ2) is 4.29. The second-order valence-electron chi connectivity index (χ2n) is 3.98. The Morgan fingerprint density at radius 3 is 2.33 bits per heavy atom. The molecule has 1 saturated heterocycles. The zero-order valence-corrected chi connectivity index (χ0v) is 8.71. The Morgan fingerprint density at radius 2 is 1.80 bits per heavy atom. The molecule has 2 nitrogen and oxygen atoms in total. The number of nitrogens with two attached hydrogens (primary N) is 1. The zero-order chi connectivity index (χ0) is 10.7. The van der Waals surface area contributed by atoms with Crippen LogP contribution in [0.2, 0.25) is 0 Å². The first-order chi connectivity index (χ1) is 7.24. The van der Waals surface area contributed by atoms with Crippen LogP contribution in [0.1, 0.15) is 24.0 Å². The van der Waals surface area contributed by atoms with Crippen LogP contribution in [0.5, 0.6) is 0 Å². The molecule has 0 aromatic heterocycles. The summed E-state index contributed by atoms with van der Waals surface area (Å²) in [6, 6.07) is 7.47. The summed E-state index contributed by atoms with van der Waals surface area (Å²) in [5, 5.41) is 0. The van der Waals surface area contributed by atoms with Crippen molar-refractivity contribution in [1.29, 1.82) is 0 Å². The maximum Gasteiger partial charge on any atom is 0.140 e. The number of hydrogen-bond donors (Lipinski definition) is 1. The first-order valence-electron chi connectivity index (χ1n) is 5.31. The molecule has 0 radical (unpaired) electrons. The molecule has 1 aliphatic heterocycles. The minimum absolute atomic E-state index is 0.453. The molecular weight excluding hydrogens is 193 g/mol. The normalized spacial score (nSPS) is 20.1. The Morgan fingerprint density at radius 1 is 1.20 bits per heavy atom. The van der Waals surface area contributed by atoms with Gasteiger partial charge < -0.3 is 10.5 Å². The summed E-state index contributed by atoms with van der Waals surface area (Å²) < 4.78 is 19.6. The average Bonchev–Trinajstić information content (AvgIpc) is 2.30. The molecule has 1 heterocycles. The lowest BCUT2D eigenvalue weighted by Crippen LogP contribution is -2.29. The molecule has 1 aromatic rings. The van der Waals surface area contributed by atoms with E-state index in [-0.39, 0.29) is 0 Å². The molecule has 0 saturated carbocycles. The molecular formula is C12H16FNO. The van der Waals surface area contributed by atoms with Gasteiger partial charge in [0.05, 0.1) is 0 Å². The number of ether oxygens (including phenoxy) is 1. The molecule has 1 aromatic carbocycles. The van der Waals surface area contributed by atoms with Crippen LogP contribution in [0.3, 0.4) is 0 Å². The van der Waals surface area contributed by atoms with Crippen LogP contribution in [0.4, 0.5) is 4.39 Å². The van der Waals surface area contributed by atoms with Crippen molar-refractivity contribution in [3.63, 3.8) is 0 Å². The maximum absolute atomic E-state index is 14.4. The summed E-state index contributed by atoms with van der Waals surface area (Å²) in [5.74, 6) is 0. The molecule has 0 spiro atoms. The Balaban J connectivity index is 2.20. The lowest BCUT2D eigenvalue weighted by atomic mass is 9.88. The van der Waals surface area contributed by atoms with E-state index in [1.807, 2.05) is 24.3 Å². The van der Waals surface area contributed by atoms with Gasteiger partial charge in [-0.15, -0.1) is 0 Å². The van der Waals surface area contributed by atoms with Gasteiger partial charge in [-0.2, -0.15) is 0 Å². The average molecular weight is 209 g/mol. The van der Waals surface area contributed by atoms with Gasteiger partial charge in [-0.05, 0) is 11.1 Å². The number of rotatable bonds is 2. The summed E-state index contributed by atoms with van der Waals surface area (Å²) in [5.41, 5.74) is 6.08. The van der Waals surface area contributed by atoms with Gasteiger partial charge in [-0.1, -0.05) is 24.3 Å². The van der Waals surface area contributed by atoms with Crippen molar-refractivity contribution >= 4 is 0 Å². The van der Waals surface area contributed by atoms with Gasteiger partial charge in [0.1, 0.15) is 5.67 Å². The summed E-state index contributed by atoms with van der Waals surface area (Å²) in [7, 11) is 0. The van der Waals surface area contributed by atoms with Gasteiger partial charge in [0, 0.05) is 32.6 Å². The van der Waals surface area contributed by atoms with Crippen molar-refractivity contribution in [3.8, 4) is 0 Å². The van der Waals surface area contributed by atoms with Crippen LogP contribution in [0.25, 0.3) is 0 Å². The maximum atomic E-state index is 14.4. The summed E-state index contributed by atoms with van der Waals surface area (Å²) in [6.07, 6.45) is 0.907. The van der Waals surface area contributed by atoms with Crippen molar-refractivity contribution < 1.29 is 9.13 Å². The predicted molar refractivity (Wildman–Crippen MR) is 57.2 cm³/mol. The minimum atomic E-state index is -1.20. The van der Waals surface area contributed by atoms with E-state index in [4.69, 9.17) is 10.5 Å². The first kappa shape index (κ1) is 10.6. The van der Waals surface area contributed by atoms with Crippen LogP contribution >= 0.6 is 0 Å². The van der Waals surface area contributed by atoms with E-state index in [0.29, 0.717) is 32.6 Å². The van der Waals surface area contributed by atoms with E-state index < -0.39 is 5.67 Å². The largest absolute Gasteiger partial charge is 0.381 e. The van der Waals surface area contributed by atoms with Crippen molar-refractivity contribution in [1.82, 2.24) is 0 Å². The SMILES string of the molecule is NCc1ccc(C2(F)CCOCC2)cc1. The minimum Gasteiger partial charge on any atom is -0.381 e. The molecule has 0 aliphatic carbocycles. The highest BCUT2D eigenvalue weighted by Crippen LogP contribution is 2.36. The number of halogens is 1. The lowest BCUT2D eigenvalue weighted by Gasteiger charge is -2.30. The van der Waals surface area contributed by atoms with Gasteiger partial charge >= 0.3 is 0 Å². The molecule has 15 heavy (non-hydrogen) atoms. The fourth-order valence-electron chi connectivity index (χ4n) is 1.92. The molecule has 0 bridgehead atoms. The van der Waals surface area contributed by atoms with E-state index in [0.717, 1.165) is 11.1 Å². The Kier molecular flexibility index (Phi) is 3.03. The van der Waals surface area contributed by atoms with Gasteiger partial charge in [0.25, 0.3) is 0 Å². The van der Waals surface area contributed by atoms with E-state index in [1.165, 1.54) is 0 Å². The fourth-order valence-corrected chi connectivity index (χ4v) is 1.92. The summed E-state index contributed by atoms with van der Waals surface area (Å²) in [6.45, 7) is 1.52. The van der Waals surface area contributed by atoms with Gasteiger partial charge in [-0.3, -0.25) is 0 Å². The van der Waals surface area contributed by atoms with E-state index in [9.17, 15) is 4.39 Å². The van der Waals surface area contributed by atoms with E-state index in [2.05, 4.69) is 0 Å². The van der Waals surface area contributed by atoms with Crippen molar-refractivity contribution in [2.75, 3.05) is 13.2 Å². The Hall–Kier alpha value is -0.930. The summed E-state index contributed by atoms with van der Waals surface area (Å²) in [4.78, 5) is 0. The molecule has 2 rings (SSSR count). The molecule has 0 unspecified atom stereocenters. The van der Waals surface area contributed by atoms with Crippen LogP contribution in [-0.2, 0) is 17.0 Å². The third-order valence-corrected chi connectivity index (χ3v) is 2.99. The number of alkyl halides is 1. The Bertz CT molecular complexity index is 317. The third kappa shape index (κ3) is 2.19. The zero-order valence-electron chi connectivity index (χ0n) is 8.71. The molecule has 0 amide bonds. The quantitative estimate of drug-likeness (QED) is 0.809. The smallest absolute Gasteiger partial charge is 0.140 e. The molecule has 3 heteroatoms. The van der Waals surface area contributed by atoms with Gasteiger partial charge in [0.15, 0.2) is 0 Å². The molecule has 1 aliphatic rings. The van der Waals surface area contributed by atoms with E-state index in [1.54, 1.807) is 0 Å². The van der Waals surface area contributed by atoms with Crippen molar-refractivity contribution in [3.05, 3.63) is 35.4 Å². The van der Waals surface area contributed by atoms with Crippen molar-refractivity contribution in [2.24, 2.45) is 5.73 Å². The number of hydrogen-bond acceptors (Lipinski definition) is 2. The van der Waals surface area contributed by atoms with Crippen LogP contribution in [0, 0.1) is 0 Å². The van der Waals surface area contributed by atoms with E-state index >= 15 is 0 Å². The molecule has 1 fully saturated rings. The lowest BCUT2D eigenvalue weighted by molar-refractivity contribution is -0.0114. The fraction of sp³-hybridized carbons (Fsp3) is 0.500. The highest BCUT2D eigenvalue weighted by Gasteiger charge is 2.33. The standard InChI is InChI=1S/C12H16FNO/c13-12(5-7-15-8-6-12)11-3-1-10(9-14)2-4-11/h1-4H,5-9,14H2. The van der Waals surface area contributed by atoms with Crippen LogP contribution < -0.4 is 5.73 Å². The first-order valence-corrected chi connectivity index (χ1v) is 5.31. The third-order valence-electron chi connectivity index (χ3n) is 2.99. The highest BCUT2D eigenvalue weighted by atomic mass is 19.1. The molecule has 82 valence electrons. The highest BCUT2D eigenvalue weighted by molar-refractivity contribution is 5.27. The summed E-state index contributed by atoms with van der Waals surface area (Å²) >= 11 is 0.